The fraction of sp³-hybridized carbons (Fsp3) is 0.300. The van der Waals surface area contributed by atoms with Crippen LogP contribution >= 0.6 is 0 Å². The van der Waals surface area contributed by atoms with Crippen LogP contribution in [0.5, 0.6) is 0 Å². The minimum atomic E-state index is -3.67. The van der Waals surface area contributed by atoms with Crippen molar-refractivity contribution in [3.8, 4) is 0 Å². The van der Waals surface area contributed by atoms with E-state index >= 15 is 0 Å². The molecule has 0 saturated heterocycles. The Morgan fingerprint density at radius 2 is 2.18 bits per heavy atom. The van der Waals surface area contributed by atoms with Gasteiger partial charge in [-0.2, -0.15) is 0 Å². The molecule has 0 saturated carbocycles. The van der Waals surface area contributed by atoms with Crippen LogP contribution in [-0.4, -0.2) is 20.8 Å². The minimum absolute atomic E-state index is 0.0300. The summed E-state index contributed by atoms with van der Waals surface area (Å²) in [7, 11) is -3.67. The van der Waals surface area contributed by atoms with Gasteiger partial charge in [0.15, 0.2) is 0 Å². The van der Waals surface area contributed by atoms with Crippen molar-refractivity contribution in [3.05, 3.63) is 29.6 Å². The molecule has 1 rings (SSSR count). The lowest BCUT2D eigenvalue weighted by Crippen LogP contribution is -2.28. The smallest absolute Gasteiger partial charge is 0.240 e. The van der Waals surface area contributed by atoms with Gasteiger partial charge in [-0.3, -0.25) is 5.41 Å². The van der Waals surface area contributed by atoms with Crippen molar-refractivity contribution in [1.29, 1.82) is 5.41 Å². The Balaban J connectivity index is 2.86. The molecule has 0 fully saturated rings. The van der Waals surface area contributed by atoms with E-state index in [1.807, 2.05) is 0 Å². The minimum Gasteiger partial charge on any atom is -0.388 e. The van der Waals surface area contributed by atoms with E-state index in [4.69, 9.17) is 11.1 Å². The summed E-state index contributed by atoms with van der Waals surface area (Å²) in [6.45, 7) is 1.57. The Morgan fingerprint density at radius 3 is 2.71 bits per heavy atom. The molecule has 0 aliphatic carbocycles. The zero-order chi connectivity index (χ0) is 13.1. The van der Waals surface area contributed by atoms with Gasteiger partial charge < -0.3 is 5.73 Å². The molecule has 4 N–H and O–H groups in total. The SMILES string of the molecule is Cc1cc(F)ccc1S(=O)(=O)NCCC(=N)N. The number of benzene rings is 1. The first-order chi connectivity index (χ1) is 7.83. The van der Waals surface area contributed by atoms with E-state index in [1.165, 1.54) is 13.0 Å². The third-order valence-electron chi connectivity index (χ3n) is 2.11. The van der Waals surface area contributed by atoms with Gasteiger partial charge in [-0.1, -0.05) is 0 Å². The molecule has 7 heteroatoms. The van der Waals surface area contributed by atoms with E-state index in [0.29, 0.717) is 5.56 Å². The predicted octanol–water partition coefficient (Wildman–Crippen LogP) is 0.738. The van der Waals surface area contributed by atoms with E-state index in [2.05, 4.69) is 4.72 Å². The van der Waals surface area contributed by atoms with Gasteiger partial charge in [0.1, 0.15) is 5.82 Å². The summed E-state index contributed by atoms with van der Waals surface area (Å²) in [6.07, 6.45) is 0.138. The molecule has 0 spiro atoms. The van der Waals surface area contributed by atoms with E-state index in [-0.39, 0.29) is 23.7 Å². The van der Waals surface area contributed by atoms with Gasteiger partial charge in [0.25, 0.3) is 0 Å². The molecule has 0 aliphatic heterocycles. The maximum absolute atomic E-state index is 12.8. The molecule has 17 heavy (non-hydrogen) atoms. The van der Waals surface area contributed by atoms with Crippen molar-refractivity contribution in [2.45, 2.75) is 18.2 Å². The molecule has 0 atom stereocenters. The van der Waals surface area contributed by atoms with Gasteiger partial charge in [0.2, 0.25) is 10.0 Å². The summed E-state index contributed by atoms with van der Waals surface area (Å²) in [6, 6.07) is 3.45. The molecule has 0 unspecified atom stereocenters. The zero-order valence-electron chi connectivity index (χ0n) is 9.33. The van der Waals surface area contributed by atoms with Crippen LogP contribution in [0.3, 0.4) is 0 Å². The van der Waals surface area contributed by atoms with Gasteiger partial charge in [-0.25, -0.2) is 17.5 Å². The lowest BCUT2D eigenvalue weighted by Gasteiger charge is -2.08. The van der Waals surface area contributed by atoms with Gasteiger partial charge in [0.05, 0.1) is 10.7 Å². The molecule has 0 heterocycles. The summed E-state index contributed by atoms with van der Waals surface area (Å²) < 4.78 is 38.7. The van der Waals surface area contributed by atoms with Gasteiger partial charge in [-0.15, -0.1) is 0 Å². The van der Waals surface area contributed by atoms with Crippen LogP contribution in [0.25, 0.3) is 0 Å². The highest BCUT2D eigenvalue weighted by atomic mass is 32.2. The van der Waals surface area contributed by atoms with Gasteiger partial charge >= 0.3 is 0 Å². The third kappa shape index (κ3) is 3.79. The van der Waals surface area contributed by atoms with Crippen LogP contribution in [0.2, 0.25) is 0 Å². The van der Waals surface area contributed by atoms with E-state index in [1.54, 1.807) is 0 Å². The molecule has 0 radical (unpaired) electrons. The van der Waals surface area contributed by atoms with Crippen LogP contribution in [0, 0.1) is 18.2 Å². The van der Waals surface area contributed by atoms with Crippen LogP contribution in [0.15, 0.2) is 23.1 Å². The zero-order valence-corrected chi connectivity index (χ0v) is 10.1. The monoisotopic (exact) mass is 259 g/mol. The fourth-order valence-corrected chi connectivity index (χ4v) is 2.57. The van der Waals surface area contributed by atoms with Crippen molar-refractivity contribution in [3.63, 3.8) is 0 Å². The van der Waals surface area contributed by atoms with Crippen LogP contribution in [0.1, 0.15) is 12.0 Å². The standard InChI is InChI=1S/C10H14FN3O2S/c1-7-6-8(11)2-3-9(7)17(15,16)14-5-4-10(12)13/h2-3,6,14H,4-5H2,1H3,(H3,12,13). The second kappa shape index (κ2) is 5.24. The average molecular weight is 259 g/mol. The molecule has 5 nitrogen and oxygen atoms in total. The summed E-state index contributed by atoms with van der Waals surface area (Å²) in [4.78, 5) is 0.0300. The number of rotatable bonds is 5. The first-order valence-electron chi connectivity index (χ1n) is 4.91. The Bertz CT molecular complexity index is 528. The Morgan fingerprint density at radius 1 is 1.53 bits per heavy atom. The highest BCUT2D eigenvalue weighted by Gasteiger charge is 2.16. The Labute approximate surface area is 99.4 Å². The number of sulfonamides is 1. The maximum Gasteiger partial charge on any atom is 0.240 e. The molecule has 0 aromatic heterocycles. The van der Waals surface area contributed by atoms with E-state index in [9.17, 15) is 12.8 Å². The average Bonchev–Trinajstić information content (AvgIpc) is 2.15. The first kappa shape index (κ1) is 13.6. The van der Waals surface area contributed by atoms with Crippen molar-refractivity contribution < 1.29 is 12.8 Å². The number of amidine groups is 1. The molecule has 1 aromatic carbocycles. The molecule has 0 bridgehead atoms. The maximum atomic E-state index is 12.8. The summed E-state index contributed by atoms with van der Waals surface area (Å²) >= 11 is 0. The molecule has 0 aliphatic rings. The number of nitrogens with two attached hydrogens (primary N) is 1. The lowest BCUT2D eigenvalue weighted by molar-refractivity contribution is 0.581. The van der Waals surface area contributed by atoms with E-state index in [0.717, 1.165) is 12.1 Å². The molecular weight excluding hydrogens is 245 g/mol. The molecule has 0 amide bonds. The number of nitrogens with one attached hydrogen (secondary N) is 2. The topological polar surface area (TPSA) is 96.0 Å². The number of aryl methyl sites for hydroxylation is 1. The van der Waals surface area contributed by atoms with Crippen molar-refractivity contribution in [2.75, 3.05) is 6.54 Å². The predicted molar refractivity (Wildman–Crippen MR) is 62.9 cm³/mol. The van der Waals surface area contributed by atoms with Crippen molar-refractivity contribution in [1.82, 2.24) is 4.72 Å². The largest absolute Gasteiger partial charge is 0.388 e. The highest BCUT2D eigenvalue weighted by Crippen LogP contribution is 2.15. The molecule has 94 valence electrons. The van der Waals surface area contributed by atoms with E-state index < -0.39 is 15.8 Å². The number of hydrogen-bond acceptors (Lipinski definition) is 3. The first-order valence-corrected chi connectivity index (χ1v) is 6.40. The quantitative estimate of drug-likeness (QED) is 0.537. The lowest BCUT2D eigenvalue weighted by atomic mass is 10.2. The Kier molecular flexibility index (Phi) is 4.19. The van der Waals surface area contributed by atoms with Crippen LogP contribution in [-0.2, 0) is 10.0 Å². The molecule has 1 aromatic rings. The highest BCUT2D eigenvalue weighted by molar-refractivity contribution is 7.89. The van der Waals surface area contributed by atoms with Crippen LogP contribution in [0.4, 0.5) is 4.39 Å². The fourth-order valence-electron chi connectivity index (χ4n) is 1.31. The summed E-state index contributed by atoms with van der Waals surface area (Å²) in [5, 5.41) is 6.97. The van der Waals surface area contributed by atoms with Gasteiger partial charge in [0, 0.05) is 13.0 Å². The number of hydrogen-bond donors (Lipinski definition) is 3. The van der Waals surface area contributed by atoms with Crippen molar-refractivity contribution in [2.24, 2.45) is 5.73 Å². The second-order valence-electron chi connectivity index (χ2n) is 3.58. The van der Waals surface area contributed by atoms with Crippen molar-refractivity contribution >= 4 is 15.9 Å². The number of halogens is 1. The summed E-state index contributed by atoms with van der Waals surface area (Å²) in [5.41, 5.74) is 5.44. The van der Waals surface area contributed by atoms with Gasteiger partial charge in [-0.05, 0) is 30.7 Å². The summed E-state index contributed by atoms with van der Waals surface area (Å²) in [5.74, 6) is -0.575. The third-order valence-corrected chi connectivity index (χ3v) is 3.73. The molecular formula is C10H14FN3O2S. The second-order valence-corrected chi connectivity index (χ2v) is 5.32. The Hall–Kier alpha value is -1.47. The normalized spacial score (nSPS) is 11.4. The van der Waals surface area contributed by atoms with Crippen LogP contribution < -0.4 is 10.5 Å².